The third kappa shape index (κ3) is 11.7. The maximum absolute atomic E-state index is 13.1. The Hall–Kier alpha value is -4.05. The summed E-state index contributed by atoms with van der Waals surface area (Å²) >= 11 is 0. The number of amides is 2. The highest BCUT2D eigenvalue weighted by Gasteiger charge is 2.52. The Morgan fingerprint density at radius 3 is 2.24 bits per heavy atom. The van der Waals surface area contributed by atoms with Gasteiger partial charge in [-0.25, -0.2) is 24.5 Å². The summed E-state index contributed by atoms with van der Waals surface area (Å²) in [5, 5.41) is 18.7. The smallest absolute Gasteiger partial charge is 0.444 e. The molecule has 0 saturated carbocycles. The van der Waals surface area contributed by atoms with Gasteiger partial charge in [-0.3, -0.25) is 23.7 Å². The number of nitrogens with one attached hydrogen (secondary N) is 2. The molecule has 5 rings (SSSR count). The lowest BCUT2D eigenvalue weighted by Gasteiger charge is -2.32. The number of hydrogen-bond acceptors (Lipinski definition) is 15. The third-order valence-electron chi connectivity index (χ3n) is 8.37. The van der Waals surface area contributed by atoms with E-state index >= 15 is 0 Å². The highest BCUT2D eigenvalue weighted by molar-refractivity contribution is 7.85. The van der Waals surface area contributed by atoms with Crippen molar-refractivity contribution in [2.24, 2.45) is 0 Å². The molecule has 2 atom stereocenters. The zero-order chi connectivity index (χ0) is 40.3. The molecule has 0 spiro atoms. The molecule has 2 saturated heterocycles. The van der Waals surface area contributed by atoms with Gasteiger partial charge in [-0.2, -0.15) is 8.42 Å². The molecule has 18 nitrogen and oxygen atoms in total. The molecule has 4 heterocycles. The van der Waals surface area contributed by atoms with Crippen LogP contribution in [0.2, 0.25) is 0 Å². The molecule has 0 radical (unpaired) electrons. The van der Waals surface area contributed by atoms with E-state index in [0.717, 1.165) is 0 Å². The second-order valence-corrected chi connectivity index (χ2v) is 16.7. The summed E-state index contributed by atoms with van der Waals surface area (Å²) < 4.78 is 57.1. The maximum atomic E-state index is 13.1. The van der Waals surface area contributed by atoms with Crippen LogP contribution in [0.5, 0.6) is 0 Å². The van der Waals surface area contributed by atoms with Gasteiger partial charge < -0.3 is 29.0 Å². The molecule has 20 heteroatoms. The van der Waals surface area contributed by atoms with Gasteiger partial charge in [0.25, 0.3) is 0 Å². The average molecular weight is 777 g/mol. The number of ketones is 1. The predicted molar refractivity (Wildman–Crippen MR) is 196 cm³/mol. The second kappa shape index (κ2) is 16.4. The third-order valence-corrected chi connectivity index (χ3v) is 9.29. The number of anilines is 1. The molecule has 2 amide bonds. The fraction of sp³-hybridized carbons (Fsp3) is 0.588. The molecule has 0 bridgehead atoms. The molecular weight excluding hydrogens is 727 g/mol. The number of hydrogen-bond donors (Lipinski definition) is 4. The number of aromatic nitrogens is 4. The van der Waals surface area contributed by atoms with Gasteiger partial charge in [0.2, 0.25) is 5.91 Å². The topological polar surface area (TPSA) is 240 Å². The van der Waals surface area contributed by atoms with E-state index < -0.39 is 64.3 Å². The molecule has 2 aliphatic heterocycles. The highest BCUT2D eigenvalue weighted by Crippen LogP contribution is 2.37. The summed E-state index contributed by atoms with van der Waals surface area (Å²) in [5.41, 5.74) is -0.357. The van der Waals surface area contributed by atoms with E-state index in [1.54, 1.807) is 49.6 Å². The molecule has 3 aromatic rings. The first-order valence-electron chi connectivity index (χ1n) is 17.3. The molecule has 2 unspecified atom stereocenters. The van der Waals surface area contributed by atoms with E-state index in [0.29, 0.717) is 35.0 Å². The van der Waals surface area contributed by atoms with Gasteiger partial charge in [0, 0.05) is 18.4 Å². The van der Waals surface area contributed by atoms with Gasteiger partial charge in [0.05, 0.1) is 30.2 Å². The van der Waals surface area contributed by atoms with Crippen molar-refractivity contribution in [3.05, 3.63) is 42.5 Å². The SMILES string of the molecule is CC(C)(C)OC(=O)Nc1ncnc2c1ncn2C1CCC(COS(=O)(=O)NC(=O)CCC(=O)c2ccccc2B2OC(C)(C)C(C)(C)O2)O1.CC(C)(O)O. The Morgan fingerprint density at radius 1 is 0.981 bits per heavy atom. The van der Waals surface area contributed by atoms with Crippen LogP contribution in [-0.2, 0) is 38.1 Å². The minimum absolute atomic E-state index is 0.161. The second-order valence-electron chi connectivity index (χ2n) is 15.3. The Bertz CT molecular complexity index is 1920. The molecule has 2 aromatic heterocycles. The Balaban J connectivity index is 0.00000122. The normalized spacial score (nSPS) is 19.6. The van der Waals surface area contributed by atoms with E-state index in [4.69, 9.17) is 33.2 Å². The Kier molecular flexibility index (Phi) is 12.9. The molecular formula is C34H49BN6O12S. The standard InChI is InChI=1S/C31H41BN6O10S.C3H8O2/c1-29(2,3)46-28(41)36-26-25-27(34-17-33-26)38(18-35-25)24-15-12-19(45-24)16-44-49(42,43)37-23(40)14-13-22(39)20-10-8-9-11-21(20)32-47-30(4,5)31(6,7)48-32;1-3(2,4)5/h8-11,17-19,24H,12-16H2,1-7H3,(H,37,40)(H,33,34,36,41);4-5H,1-2H3. The van der Waals surface area contributed by atoms with Crippen molar-refractivity contribution < 1.29 is 56.0 Å². The molecule has 1 aromatic carbocycles. The Morgan fingerprint density at radius 2 is 1.61 bits per heavy atom. The first-order valence-corrected chi connectivity index (χ1v) is 18.7. The monoisotopic (exact) mass is 776 g/mol. The van der Waals surface area contributed by atoms with Gasteiger partial charge >= 0.3 is 23.5 Å². The first-order chi connectivity index (χ1) is 24.8. The van der Waals surface area contributed by atoms with Crippen molar-refractivity contribution in [3.8, 4) is 0 Å². The largest absolute Gasteiger partial charge is 0.495 e. The quantitative estimate of drug-likeness (QED) is 0.124. The first kappa shape index (κ1) is 42.7. The van der Waals surface area contributed by atoms with E-state index in [2.05, 4.69) is 20.3 Å². The van der Waals surface area contributed by atoms with Crippen LogP contribution in [0.15, 0.2) is 36.9 Å². The minimum Gasteiger partial charge on any atom is -0.444 e. The van der Waals surface area contributed by atoms with Gasteiger partial charge in [-0.15, -0.1) is 0 Å². The number of carbonyl (C=O) groups excluding carboxylic acids is 3. The summed E-state index contributed by atoms with van der Waals surface area (Å²) in [4.78, 5) is 50.6. The number of benzene rings is 1. The van der Waals surface area contributed by atoms with Crippen molar-refractivity contribution in [3.63, 3.8) is 0 Å². The number of aliphatic hydroxyl groups is 2. The molecule has 2 fully saturated rings. The lowest BCUT2D eigenvalue weighted by Crippen LogP contribution is -2.41. The number of fused-ring (bicyclic) bond motifs is 1. The van der Waals surface area contributed by atoms with Crippen molar-refractivity contribution >= 4 is 57.7 Å². The number of nitrogens with zero attached hydrogens (tertiary/aromatic N) is 4. The lowest BCUT2D eigenvalue weighted by atomic mass is 9.74. The molecule has 4 N–H and O–H groups in total. The van der Waals surface area contributed by atoms with Gasteiger partial charge in [0.15, 0.2) is 28.6 Å². The van der Waals surface area contributed by atoms with Crippen LogP contribution in [0, 0.1) is 0 Å². The van der Waals surface area contributed by atoms with Crippen LogP contribution in [0.3, 0.4) is 0 Å². The fourth-order valence-corrected chi connectivity index (χ4v) is 6.01. The van der Waals surface area contributed by atoms with E-state index in [1.165, 1.54) is 26.5 Å². The molecule has 54 heavy (non-hydrogen) atoms. The van der Waals surface area contributed by atoms with Gasteiger partial charge in [0.1, 0.15) is 18.2 Å². The lowest BCUT2D eigenvalue weighted by molar-refractivity contribution is -0.127. The number of imidazole rings is 1. The maximum Gasteiger partial charge on any atom is 0.495 e. The number of ether oxygens (including phenoxy) is 2. The number of Topliss-reactive ketones (excluding diaryl/α,β-unsaturated/α-hetero) is 1. The Labute approximate surface area is 314 Å². The van der Waals surface area contributed by atoms with E-state index in [-0.39, 0.29) is 31.0 Å². The van der Waals surface area contributed by atoms with E-state index in [9.17, 15) is 22.8 Å². The van der Waals surface area contributed by atoms with Crippen molar-refractivity contribution in [1.82, 2.24) is 24.2 Å². The minimum atomic E-state index is -4.49. The summed E-state index contributed by atoms with van der Waals surface area (Å²) in [6.07, 6.45) is 1.18. The number of rotatable bonds is 11. The summed E-state index contributed by atoms with van der Waals surface area (Å²) in [5.74, 6) is -2.60. The van der Waals surface area contributed by atoms with Gasteiger partial charge in [-0.05, 0) is 80.6 Å². The van der Waals surface area contributed by atoms with Crippen molar-refractivity contribution in [2.75, 3.05) is 11.9 Å². The molecule has 0 aliphatic carbocycles. The average Bonchev–Trinajstić information content (AvgIpc) is 3.73. The summed E-state index contributed by atoms with van der Waals surface area (Å²) in [6, 6.07) is 6.81. The van der Waals surface area contributed by atoms with Crippen LogP contribution in [0.1, 0.15) is 105 Å². The highest BCUT2D eigenvalue weighted by atomic mass is 32.2. The van der Waals surface area contributed by atoms with E-state index in [1.807, 2.05) is 32.4 Å². The van der Waals surface area contributed by atoms with Crippen molar-refractivity contribution in [2.45, 2.75) is 123 Å². The predicted octanol–water partition coefficient (Wildman–Crippen LogP) is 2.90. The zero-order valence-corrected chi connectivity index (χ0v) is 32.7. The van der Waals surface area contributed by atoms with Crippen LogP contribution in [-0.4, -0.2) is 98.4 Å². The molecule has 2 aliphatic rings. The number of carbonyl (C=O) groups is 3. The zero-order valence-electron chi connectivity index (χ0n) is 31.9. The van der Waals surface area contributed by atoms with Gasteiger partial charge in [-0.1, -0.05) is 24.3 Å². The van der Waals surface area contributed by atoms with Crippen molar-refractivity contribution in [1.29, 1.82) is 0 Å². The summed E-state index contributed by atoms with van der Waals surface area (Å²) in [7, 11) is -5.26. The van der Waals surface area contributed by atoms with Crippen LogP contribution in [0.25, 0.3) is 11.2 Å². The molecule has 296 valence electrons. The van der Waals surface area contributed by atoms with Crippen LogP contribution in [0.4, 0.5) is 10.6 Å². The van der Waals surface area contributed by atoms with Crippen LogP contribution >= 0.6 is 0 Å². The fourth-order valence-electron chi connectivity index (χ4n) is 5.24. The summed E-state index contributed by atoms with van der Waals surface area (Å²) in [6.45, 7) is 15.1. The van der Waals surface area contributed by atoms with Crippen LogP contribution < -0.4 is 15.5 Å².